The number of halogens is 1. The lowest BCUT2D eigenvalue weighted by molar-refractivity contribution is 0.287. The Morgan fingerprint density at radius 2 is 2.10 bits per heavy atom. The van der Waals surface area contributed by atoms with Gasteiger partial charge in [0.15, 0.2) is 11.5 Å². The van der Waals surface area contributed by atoms with E-state index in [4.69, 9.17) is 9.47 Å². The van der Waals surface area contributed by atoms with Gasteiger partial charge in [-0.25, -0.2) is 0 Å². The summed E-state index contributed by atoms with van der Waals surface area (Å²) in [7, 11) is 1.69. The number of methoxy groups -OCH3 is 1. The van der Waals surface area contributed by atoms with E-state index in [1.807, 2.05) is 12.1 Å². The van der Waals surface area contributed by atoms with Crippen LogP contribution in [-0.2, 0) is 13.2 Å². The Balaban J connectivity index is 0.00000161. The van der Waals surface area contributed by atoms with Crippen LogP contribution in [0.5, 0.6) is 11.5 Å². The van der Waals surface area contributed by atoms with Gasteiger partial charge in [0.1, 0.15) is 6.61 Å². The average Bonchev–Trinajstić information content (AvgIpc) is 3.17. The van der Waals surface area contributed by atoms with Crippen molar-refractivity contribution >= 4 is 23.7 Å². The van der Waals surface area contributed by atoms with Crippen molar-refractivity contribution in [1.82, 2.24) is 5.32 Å². The van der Waals surface area contributed by atoms with Gasteiger partial charge in [-0.15, -0.1) is 23.7 Å². The third kappa shape index (κ3) is 4.63. The highest BCUT2D eigenvalue weighted by molar-refractivity contribution is 7.09. The van der Waals surface area contributed by atoms with Gasteiger partial charge in [0, 0.05) is 17.5 Å². The molecule has 0 amide bonds. The van der Waals surface area contributed by atoms with Crippen molar-refractivity contribution in [3.8, 4) is 11.5 Å². The Labute approximate surface area is 135 Å². The predicted molar refractivity (Wildman–Crippen MR) is 88.8 cm³/mol. The van der Waals surface area contributed by atoms with Crippen molar-refractivity contribution in [2.45, 2.75) is 32.0 Å². The zero-order valence-electron chi connectivity index (χ0n) is 12.0. The van der Waals surface area contributed by atoms with Crippen molar-refractivity contribution in [3.05, 3.63) is 46.2 Å². The lowest BCUT2D eigenvalue weighted by atomic mass is 10.2. The van der Waals surface area contributed by atoms with Crippen molar-refractivity contribution in [2.75, 3.05) is 7.11 Å². The van der Waals surface area contributed by atoms with Crippen LogP contribution in [0.1, 0.15) is 23.3 Å². The molecule has 5 heteroatoms. The van der Waals surface area contributed by atoms with E-state index in [0.29, 0.717) is 6.61 Å². The summed E-state index contributed by atoms with van der Waals surface area (Å²) in [5.74, 6) is 1.60. The summed E-state index contributed by atoms with van der Waals surface area (Å²) in [6.07, 6.45) is 2.61. The largest absolute Gasteiger partial charge is 0.493 e. The zero-order chi connectivity index (χ0) is 13.8. The molecule has 0 saturated heterocycles. The molecule has 1 aromatic heterocycles. The topological polar surface area (TPSA) is 30.5 Å². The highest BCUT2D eigenvalue weighted by Gasteiger charge is 2.20. The van der Waals surface area contributed by atoms with E-state index in [2.05, 4.69) is 28.9 Å². The van der Waals surface area contributed by atoms with Crippen LogP contribution in [-0.4, -0.2) is 13.2 Å². The summed E-state index contributed by atoms with van der Waals surface area (Å²) in [5.41, 5.74) is 1.23. The molecule has 3 nitrogen and oxygen atoms in total. The molecule has 0 spiro atoms. The molecule has 1 heterocycles. The van der Waals surface area contributed by atoms with E-state index in [9.17, 15) is 0 Å². The van der Waals surface area contributed by atoms with Gasteiger partial charge in [-0.2, -0.15) is 0 Å². The first-order valence-electron chi connectivity index (χ1n) is 6.90. The van der Waals surface area contributed by atoms with Gasteiger partial charge in [0.05, 0.1) is 7.11 Å². The molecule has 1 fully saturated rings. The second kappa shape index (κ2) is 7.69. The zero-order valence-corrected chi connectivity index (χ0v) is 13.6. The van der Waals surface area contributed by atoms with E-state index in [1.165, 1.54) is 23.3 Å². The number of hydrogen-bond acceptors (Lipinski definition) is 4. The fraction of sp³-hybridized carbons (Fsp3) is 0.375. The van der Waals surface area contributed by atoms with Gasteiger partial charge in [0.25, 0.3) is 0 Å². The summed E-state index contributed by atoms with van der Waals surface area (Å²) < 4.78 is 11.3. The maximum absolute atomic E-state index is 5.83. The molecular formula is C16H20ClNO2S. The molecule has 0 atom stereocenters. The standard InChI is InChI=1S/C16H19NO2S.ClH/c1-18-16-9-12(10-17-13-5-6-13)4-7-15(16)19-11-14-3-2-8-20-14;/h2-4,7-9,13,17H,5-6,10-11H2,1H3;1H. The monoisotopic (exact) mass is 325 g/mol. The van der Waals surface area contributed by atoms with E-state index in [-0.39, 0.29) is 12.4 Å². The third-order valence-corrected chi connectivity index (χ3v) is 4.20. The molecule has 1 N–H and O–H groups in total. The predicted octanol–water partition coefficient (Wildman–Crippen LogP) is 4.01. The molecule has 114 valence electrons. The normalized spacial score (nSPS) is 13.6. The summed E-state index contributed by atoms with van der Waals surface area (Å²) in [5, 5.41) is 5.56. The minimum Gasteiger partial charge on any atom is -0.493 e. The van der Waals surface area contributed by atoms with Gasteiger partial charge in [0.2, 0.25) is 0 Å². The lowest BCUT2D eigenvalue weighted by Gasteiger charge is -2.12. The Bertz CT molecular complexity index is 555. The molecule has 1 aromatic carbocycles. The van der Waals surface area contributed by atoms with Crippen molar-refractivity contribution in [2.24, 2.45) is 0 Å². The summed E-state index contributed by atoms with van der Waals surface area (Å²) >= 11 is 1.70. The summed E-state index contributed by atoms with van der Waals surface area (Å²) in [4.78, 5) is 1.21. The van der Waals surface area contributed by atoms with E-state index in [0.717, 1.165) is 24.1 Å². The first-order chi connectivity index (χ1) is 9.85. The minimum absolute atomic E-state index is 0. The first kappa shape index (κ1) is 16.1. The van der Waals surface area contributed by atoms with Crippen LogP contribution < -0.4 is 14.8 Å². The molecule has 0 unspecified atom stereocenters. The van der Waals surface area contributed by atoms with Gasteiger partial charge in [-0.05, 0) is 42.0 Å². The van der Waals surface area contributed by atoms with Crippen LogP contribution in [0.15, 0.2) is 35.7 Å². The maximum atomic E-state index is 5.83. The van der Waals surface area contributed by atoms with E-state index >= 15 is 0 Å². The molecule has 3 rings (SSSR count). The lowest BCUT2D eigenvalue weighted by Crippen LogP contribution is -2.15. The van der Waals surface area contributed by atoms with Gasteiger partial charge >= 0.3 is 0 Å². The molecule has 21 heavy (non-hydrogen) atoms. The van der Waals surface area contributed by atoms with Crippen molar-refractivity contribution < 1.29 is 9.47 Å². The van der Waals surface area contributed by atoms with Crippen LogP contribution in [0.2, 0.25) is 0 Å². The van der Waals surface area contributed by atoms with Crippen LogP contribution in [0.3, 0.4) is 0 Å². The fourth-order valence-electron chi connectivity index (χ4n) is 2.03. The van der Waals surface area contributed by atoms with Crippen LogP contribution >= 0.6 is 23.7 Å². The fourth-order valence-corrected chi connectivity index (χ4v) is 2.65. The van der Waals surface area contributed by atoms with Gasteiger partial charge < -0.3 is 14.8 Å². The number of rotatable bonds is 7. The Hall–Kier alpha value is -1.23. The van der Waals surface area contributed by atoms with Gasteiger partial charge in [-0.1, -0.05) is 12.1 Å². The number of thiophene rings is 1. The van der Waals surface area contributed by atoms with Crippen LogP contribution in [0, 0.1) is 0 Å². The molecule has 1 aliphatic rings. The Morgan fingerprint density at radius 1 is 1.24 bits per heavy atom. The third-order valence-electron chi connectivity index (χ3n) is 3.35. The van der Waals surface area contributed by atoms with Crippen LogP contribution in [0.25, 0.3) is 0 Å². The first-order valence-corrected chi connectivity index (χ1v) is 7.78. The van der Waals surface area contributed by atoms with Crippen molar-refractivity contribution in [1.29, 1.82) is 0 Å². The molecule has 0 radical (unpaired) electrons. The second-order valence-electron chi connectivity index (χ2n) is 5.01. The minimum atomic E-state index is 0. The molecule has 1 aliphatic carbocycles. The second-order valence-corrected chi connectivity index (χ2v) is 6.04. The number of hydrogen-bond donors (Lipinski definition) is 1. The molecule has 0 aliphatic heterocycles. The SMILES string of the molecule is COc1cc(CNC2CC2)ccc1OCc1cccs1.Cl. The highest BCUT2D eigenvalue weighted by Crippen LogP contribution is 2.29. The Morgan fingerprint density at radius 3 is 2.76 bits per heavy atom. The maximum Gasteiger partial charge on any atom is 0.161 e. The number of benzene rings is 1. The Kier molecular flexibility index (Phi) is 5.91. The highest BCUT2D eigenvalue weighted by atomic mass is 35.5. The average molecular weight is 326 g/mol. The molecular weight excluding hydrogens is 306 g/mol. The number of ether oxygens (including phenoxy) is 2. The molecule has 1 saturated carbocycles. The smallest absolute Gasteiger partial charge is 0.161 e. The van der Waals surface area contributed by atoms with Crippen LogP contribution in [0.4, 0.5) is 0 Å². The molecule has 0 bridgehead atoms. The van der Waals surface area contributed by atoms with Gasteiger partial charge in [-0.3, -0.25) is 0 Å². The quantitative estimate of drug-likeness (QED) is 0.834. The molecule has 2 aromatic rings. The van der Waals surface area contributed by atoms with Crippen molar-refractivity contribution in [3.63, 3.8) is 0 Å². The summed E-state index contributed by atoms with van der Waals surface area (Å²) in [6.45, 7) is 1.49. The number of nitrogens with one attached hydrogen (secondary N) is 1. The van der Waals surface area contributed by atoms with E-state index in [1.54, 1.807) is 18.4 Å². The van der Waals surface area contributed by atoms with E-state index < -0.39 is 0 Å². The summed E-state index contributed by atoms with van der Waals surface area (Å²) in [6, 6.07) is 11.0.